The number of carbonyl (C=O) groups excluding carboxylic acids is 1. The van der Waals surface area contributed by atoms with E-state index in [2.05, 4.69) is 5.32 Å². The van der Waals surface area contributed by atoms with Gasteiger partial charge in [0, 0.05) is 5.02 Å². The smallest absolute Gasteiger partial charge is 0.228 e. The summed E-state index contributed by atoms with van der Waals surface area (Å²) in [5, 5.41) is 12.4. The van der Waals surface area contributed by atoms with Crippen molar-refractivity contribution in [3.8, 4) is 11.8 Å². The van der Waals surface area contributed by atoms with Crippen molar-refractivity contribution in [2.24, 2.45) is 0 Å². The van der Waals surface area contributed by atoms with Crippen LogP contribution in [-0.2, 0) is 11.2 Å². The van der Waals surface area contributed by atoms with Crippen molar-refractivity contribution in [2.75, 3.05) is 12.4 Å². The zero-order chi connectivity index (χ0) is 15.2. The van der Waals surface area contributed by atoms with Gasteiger partial charge in [0.2, 0.25) is 5.91 Å². The van der Waals surface area contributed by atoms with Gasteiger partial charge in [-0.2, -0.15) is 5.26 Å². The second kappa shape index (κ2) is 6.78. The standard InChI is InChI=1S/C16H13ClN2O2/c1-21-14-8-4-6-12(10-18)16(14)19-15(20)9-11-5-2-3-7-13(11)17/h2-8H,9H2,1H3,(H,19,20). The number of carbonyl (C=O) groups is 1. The Morgan fingerprint density at radius 3 is 2.71 bits per heavy atom. The summed E-state index contributed by atoms with van der Waals surface area (Å²) in [6, 6.07) is 14.2. The molecule has 2 aromatic rings. The van der Waals surface area contributed by atoms with Crippen molar-refractivity contribution in [1.82, 2.24) is 0 Å². The fraction of sp³-hybridized carbons (Fsp3) is 0.125. The van der Waals surface area contributed by atoms with Crippen molar-refractivity contribution in [3.63, 3.8) is 0 Å². The van der Waals surface area contributed by atoms with Crippen LogP contribution >= 0.6 is 11.6 Å². The molecule has 0 bridgehead atoms. The minimum absolute atomic E-state index is 0.128. The SMILES string of the molecule is COc1cccc(C#N)c1NC(=O)Cc1ccccc1Cl. The van der Waals surface area contributed by atoms with Gasteiger partial charge < -0.3 is 10.1 Å². The molecule has 0 aliphatic carbocycles. The first-order chi connectivity index (χ1) is 10.2. The van der Waals surface area contributed by atoms with Crippen LogP contribution in [0.3, 0.4) is 0 Å². The summed E-state index contributed by atoms with van der Waals surface area (Å²) >= 11 is 6.03. The Morgan fingerprint density at radius 1 is 1.29 bits per heavy atom. The second-order valence-electron chi connectivity index (χ2n) is 4.31. The Bertz CT molecular complexity index is 708. The van der Waals surface area contributed by atoms with E-state index in [1.807, 2.05) is 12.1 Å². The zero-order valence-corrected chi connectivity index (χ0v) is 12.1. The topological polar surface area (TPSA) is 62.1 Å². The van der Waals surface area contributed by atoms with Gasteiger partial charge in [-0.05, 0) is 23.8 Å². The predicted octanol–water partition coefficient (Wildman–Crippen LogP) is 3.40. The van der Waals surface area contributed by atoms with E-state index in [0.717, 1.165) is 5.56 Å². The lowest BCUT2D eigenvalue weighted by molar-refractivity contribution is -0.115. The van der Waals surface area contributed by atoms with E-state index in [9.17, 15) is 4.79 Å². The van der Waals surface area contributed by atoms with Crippen molar-refractivity contribution in [2.45, 2.75) is 6.42 Å². The van der Waals surface area contributed by atoms with Crippen molar-refractivity contribution < 1.29 is 9.53 Å². The minimum atomic E-state index is -0.260. The highest BCUT2D eigenvalue weighted by Gasteiger charge is 2.13. The maximum absolute atomic E-state index is 12.1. The number of amides is 1. The Kier molecular flexibility index (Phi) is 4.81. The third-order valence-electron chi connectivity index (χ3n) is 2.94. The number of para-hydroxylation sites is 1. The number of benzene rings is 2. The molecular formula is C16H13ClN2O2. The maximum atomic E-state index is 12.1. The van der Waals surface area contributed by atoms with Gasteiger partial charge in [-0.25, -0.2) is 0 Å². The predicted molar refractivity (Wildman–Crippen MR) is 81.5 cm³/mol. The first-order valence-corrected chi connectivity index (χ1v) is 6.64. The summed E-state index contributed by atoms with van der Waals surface area (Å²) in [5.41, 5.74) is 1.45. The molecular weight excluding hydrogens is 288 g/mol. The average molecular weight is 301 g/mol. The van der Waals surface area contributed by atoms with E-state index in [-0.39, 0.29) is 12.3 Å². The van der Waals surface area contributed by atoms with Crippen LogP contribution in [0.2, 0.25) is 5.02 Å². The van der Waals surface area contributed by atoms with E-state index in [1.165, 1.54) is 7.11 Å². The first kappa shape index (κ1) is 14.9. The molecule has 2 rings (SSSR count). The summed E-state index contributed by atoms with van der Waals surface area (Å²) in [4.78, 5) is 12.1. The lowest BCUT2D eigenvalue weighted by Crippen LogP contribution is -2.16. The third kappa shape index (κ3) is 3.53. The highest BCUT2D eigenvalue weighted by Crippen LogP contribution is 2.28. The molecule has 0 spiro atoms. The highest BCUT2D eigenvalue weighted by molar-refractivity contribution is 6.31. The molecule has 1 amide bonds. The molecule has 106 valence electrons. The number of hydrogen-bond donors (Lipinski definition) is 1. The molecule has 0 atom stereocenters. The molecule has 2 aromatic carbocycles. The van der Waals surface area contributed by atoms with Gasteiger partial charge in [-0.15, -0.1) is 0 Å². The maximum Gasteiger partial charge on any atom is 0.228 e. The van der Waals surface area contributed by atoms with Crippen LogP contribution in [0.4, 0.5) is 5.69 Å². The van der Waals surface area contributed by atoms with Gasteiger partial charge in [0.1, 0.15) is 17.5 Å². The highest BCUT2D eigenvalue weighted by atomic mass is 35.5. The number of nitrogens with zero attached hydrogens (tertiary/aromatic N) is 1. The van der Waals surface area contributed by atoms with Crippen molar-refractivity contribution in [3.05, 3.63) is 58.6 Å². The normalized spacial score (nSPS) is 9.76. The monoisotopic (exact) mass is 300 g/mol. The number of rotatable bonds is 4. The Morgan fingerprint density at radius 2 is 2.05 bits per heavy atom. The summed E-state index contributed by atoms with van der Waals surface area (Å²) < 4.78 is 5.17. The molecule has 0 aromatic heterocycles. The number of halogens is 1. The van der Waals surface area contributed by atoms with Crippen LogP contribution in [0.15, 0.2) is 42.5 Å². The Hall–Kier alpha value is -2.51. The fourth-order valence-electron chi connectivity index (χ4n) is 1.92. The quantitative estimate of drug-likeness (QED) is 0.941. The second-order valence-corrected chi connectivity index (χ2v) is 4.72. The third-order valence-corrected chi connectivity index (χ3v) is 3.31. The number of nitriles is 1. The molecule has 0 radical (unpaired) electrons. The van der Waals surface area contributed by atoms with E-state index in [0.29, 0.717) is 22.0 Å². The van der Waals surface area contributed by atoms with Gasteiger partial charge in [0.05, 0.1) is 19.1 Å². The van der Waals surface area contributed by atoms with Crippen LogP contribution in [0.25, 0.3) is 0 Å². The van der Waals surface area contributed by atoms with Gasteiger partial charge in [-0.1, -0.05) is 35.9 Å². The van der Waals surface area contributed by atoms with E-state index >= 15 is 0 Å². The van der Waals surface area contributed by atoms with Crippen LogP contribution in [0, 0.1) is 11.3 Å². The van der Waals surface area contributed by atoms with Gasteiger partial charge >= 0.3 is 0 Å². The van der Waals surface area contributed by atoms with Crippen molar-refractivity contribution in [1.29, 1.82) is 5.26 Å². The molecule has 4 nitrogen and oxygen atoms in total. The van der Waals surface area contributed by atoms with Crippen LogP contribution in [0.1, 0.15) is 11.1 Å². The summed E-state index contributed by atoms with van der Waals surface area (Å²) in [6.07, 6.45) is 0.128. The van der Waals surface area contributed by atoms with Crippen LogP contribution < -0.4 is 10.1 Å². The molecule has 5 heteroatoms. The molecule has 21 heavy (non-hydrogen) atoms. The lowest BCUT2D eigenvalue weighted by atomic mass is 10.1. The van der Waals surface area contributed by atoms with E-state index in [4.69, 9.17) is 21.6 Å². The summed E-state index contributed by atoms with van der Waals surface area (Å²) in [5.74, 6) is 0.186. The van der Waals surface area contributed by atoms with Gasteiger partial charge in [-0.3, -0.25) is 4.79 Å². The lowest BCUT2D eigenvalue weighted by Gasteiger charge is -2.12. The molecule has 0 saturated heterocycles. The van der Waals surface area contributed by atoms with Crippen LogP contribution in [0.5, 0.6) is 5.75 Å². The van der Waals surface area contributed by atoms with E-state index < -0.39 is 0 Å². The van der Waals surface area contributed by atoms with Crippen molar-refractivity contribution >= 4 is 23.2 Å². The molecule has 0 heterocycles. The first-order valence-electron chi connectivity index (χ1n) is 6.26. The number of anilines is 1. The number of hydrogen-bond acceptors (Lipinski definition) is 3. The summed E-state index contributed by atoms with van der Waals surface area (Å²) in [6.45, 7) is 0. The largest absolute Gasteiger partial charge is 0.495 e. The molecule has 0 aliphatic heterocycles. The fourth-order valence-corrected chi connectivity index (χ4v) is 2.12. The van der Waals surface area contributed by atoms with Crippen LogP contribution in [-0.4, -0.2) is 13.0 Å². The number of nitrogens with one attached hydrogen (secondary N) is 1. The Balaban J connectivity index is 2.21. The molecule has 0 aliphatic rings. The van der Waals surface area contributed by atoms with Gasteiger partial charge in [0.15, 0.2) is 0 Å². The number of methoxy groups -OCH3 is 1. The molecule has 1 N–H and O–H groups in total. The molecule has 0 fully saturated rings. The zero-order valence-electron chi connectivity index (χ0n) is 11.4. The Labute approximate surface area is 127 Å². The van der Waals surface area contributed by atoms with E-state index in [1.54, 1.807) is 36.4 Å². The minimum Gasteiger partial charge on any atom is -0.495 e. The van der Waals surface area contributed by atoms with Gasteiger partial charge in [0.25, 0.3) is 0 Å². The number of ether oxygens (including phenoxy) is 1. The summed E-state index contributed by atoms with van der Waals surface area (Å²) in [7, 11) is 1.49. The molecule has 0 saturated carbocycles. The molecule has 0 unspecified atom stereocenters. The average Bonchev–Trinajstić information content (AvgIpc) is 2.49.